The Morgan fingerprint density at radius 1 is 1.32 bits per heavy atom. The fourth-order valence-electron chi connectivity index (χ4n) is 1.62. The molecule has 0 unspecified atom stereocenters. The largest absolute Gasteiger partial charge is 0.477 e. The number of nitrogens with zero attached hydrogens (tertiary/aromatic N) is 2. The molecule has 0 spiro atoms. The fraction of sp³-hybridized carbons (Fsp3) is 0.462. The number of amides is 1. The van der Waals surface area contributed by atoms with Crippen molar-refractivity contribution in [2.75, 3.05) is 26.2 Å². The molecule has 104 valence electrons. The Balaban J connectivity index is 2.47. The number of carbonyl (C=O) groups is 2. The molecule has 0 saturated heterocycles. The number of hydrogen-bond acceptors (Lipinski definition) is 4. The molecule has 6 nitrogen and oxygen atoms in total. The first kappa shape index (κ1) is 15.1. The van der Waals surface area contributed by atoms with Crippen molar-refractivity contribution in [2.45, 2.75) is 13.8 Å². The Morgan fingerprint density at radius 2 is 2.00 bits per heavy atom. The molecule has 2 N–H and O–H groups in total. The molecule has 0 aliphatic carbocycles. The zero-order chi connectivity index (χ0) is 14.3. The average Bonchev–Trinajstić information content (AvgIpc) is 2.43. The molecule has 0 saturated carbocycles. The number of pyridine rings is 1. The summed E-state index contributed by atoms with van der Waals surface area (Å²) in [6.45, 7) is 7.38. The van der Waals surface area contributed by atoms with Gasteiger partial charge >= 0.3 is 5.97 Å². The van der Waals surface area contributed by atoms with E-state index >= 15 is 0 Å². The van der Waals surface area contributed by atoms with Gasteiger partial charge in [-0.1, -0.05) is 13.8 Å². The lowest BCUT2D eigenvalue weighted by Gasteiger charge is -2.17. The fourth-order valence-corrected chi connectivity index (χ4v) is 1.62. The van der Waals surface area contributed by atoms with Crippen molar-refractivity contribution < 1.29 is 14.7 Å². The van der Waals surface area contributed by atoms with Crippen LogP contribution in [0.15, 0.2) is 18.3 Å². The zero-order valence-corrected chi connectivity index (χ0v) is 11.2. The second-order valence-corrected chi connectivity index (χ2v) is 4.02. The van der Waals surface area contributed by atoms with Crippen LogP contribution in [0.25, 0.3) is 0 Å². The minimum absolute atomic E-state index is 0.0697. The molecule has 0 aromatic carbocycles. The normalized spacial score (nSPS) is 10.5. The van der Waals surface area contributed by atoms with Crippen LogP contribution in [0.5, 0.6) is 0 Å². The highest BCUT2D eigenvalue weighted by Crippen LogP contribution is 2.00. The van der Waals surface area contributed by atoms with Crippen LogP contribution in [0.4, 0.5) is 0 Å². The number of likely N-dealkylation sites (N-methyl/N-ethyl adjacent to an activating group) is 1. The van der Waals surface area contributed by atoms with Gasteiger partial charge < -0.3 is 15.3 Å². The van der Waals surface area contributed by atoms with Gasteiger partial charge in [0.25, 0.3) is 5.91 Å². The third-order valence-electron chi connectivity index (χ3n) is 2.85. The Labute approximate surface area is 112 Å². The first-order chi connectivity index (χ1) is 9.08. The molecule has 1 rings (SSSR count). The maximum absolute atomic E-state index is 11.8. The van der Waals surface area contributed by atoms with Gasteiger partial charge in [0.1, 0.15) is 5.69 Å². The predicted octanol–water partition coefficient (Wildman–Crippen LogP) is 0.851. The summed E-state index contributed by atoms with van der Waals surface area (Å²) in [5.41, 5.74) is 0.296. The van der Waals surface area contributed by atoms with Gasteiger partial charge in [0.05, 0.1) is 5.56 Å². The van der Waals surface area contributed by atoms with Gasteiger partial charge in [-0.25, -0.2) is 9.78 Å². The second-order valence-electron chi connectivity index (χ2n) is 4.02. The second kappa shape index (κ2) is 7.48. The van der Waals surface area contributed by atoms with Crippen molar-refractivity contribution in [2.24, 2.45) is 0 Å². The van der Waals surface area contributed by atoms with Crippen molar-refractivity contribution in [3.8, 4) is 0 Å². The summed E-state index contributed by atoms with van der Waals surface area (Å²) in [6.07, 6.45) is 1.27. The number of carboxylic acid groups (broad SMARTS) is 1. The molecule has 1 aromatic heterocycles. The van der Waals surface area contributed by atoms with Crippen LogP contribution in [0, 0.1) is 0 Å². The highest BCUT2D eigenvalue weighted by atomic mass is 16.4. The molecule has 1 amide bonds. The number of hydrogen-bond donors (Lipinski definition) is 2. The SMILES string of the molecule is CCN(CC)CCNC(=O)c1ccc(C(=O)O)nc1. The van der Waals surface area contributed by atoms with Crippen LogP contribution in [0.3, 0.4) is 0 Å². The van der Waals surface area contributed by atoms with Gasteiger partial charge in [0.15, 0.2) is 0 Å². The van der Waals surface area contributed by atoms with Gasteiger partial charge in [0, 0.05) is 19.3 Å². The summed E-state index contributed by atoms with van der Waals surface area (Å²) < 4.78 is 0. The van der Waals surface area contributed by atoms with Crippen molar-refractivity contribution in [1.29, 1.82) is 0 Å². The third kappa shape index (κ3) is 4.67. The van der Waals surface area contributed by atoms with Crippen molar-refractivity contribution in [1.82, 2.24) is 15.2 Å². The van der Waals surface area contributed by atoms with E-state index in [1.54, 1.807) is 0 Å². The summed E-state index contributed by atoms with van der Waals surface area (Å²) in [7, 11) is 0. The predicted molar refractivity (Wildman–Crippen MR) is 71.3 cm³/mol. The molecule has 0 atom stereocenters. The van der Waals surface area contributed by atoms with E-state index in [0.717, 1.165) is 19.6 Å². The molecule has 1 aromatic rings. The van der Waals surface area contributed by atoms with Crippen LogP contribution >= 0.6 is 0 Å². The van der Waals surface area contributed by atoms with E-state index in [1.165, 1.54) is 18.3 Å². The summed E-state index contributed by atoms with van der Waals surface area (Å²) in [6, 6.07) is 2.78. The van der Waals surface area contributed by atoms with Gasteiger partial charge in [-0.15, -0.1) is 0 Å². The number of aromatic carboxylic acids is 1. The number of carboxylic acids is 1. The Morgan fingerprint density at radius 3 is 2.47 bits per heavy atom. The van der Waals surface area contributed by atoms with Crippen LogP contribution in [0.2, 0.25) is 0 Å². The van der Waals surface area contributed by atoms with E-state index in [9.17, 15) is 9.59 Å². The Hall–Kier alpha value is -1.95. The van der Waals surface area contributed by atoms with Crippen molar-refractivity contribution in [3.05, 3.63) is 29.6 Å². The topological polar surface area (TPSA) is 82.5 Å². The van der Waals surface area contributed by atoms with Gasteiger partial charge in [-0.05, 0) is 25.2 Å². The molecule has 1 heterocycles. The van der Waals surface area contributed by atoms with Crippen molar-refractivity contribution in [3.63, 3.8) is 0 Å². The lowest BCUT2D eigenvalue weighted by molar-refractivity contribution is 0.0689. The van der Waals surface area contributed by atoms with Gasteiger partial charge in [0.2, 0.25) is 0 Å². The van der Waals surface area contributed by atoms with E-state index in [1.807, 2.05) is 0 Å². The van der Waals surface area contributed by atoms with Gasteiger partial charge in [-0.3, -0.25) is 4.79 Å². The minimum atomic E-state index is -1.10. The summed E-state index contributed by atoms with van der Waals surface area (Å²) in [5.74, 6) is -1.34. The maximum Gasteiger partial charge on any atom is 0.354 e. The minimum Gasteiger partial charge on any atom is -0.477 e. The number of rotatable bonds is 7. The summed E-state index contributed by atoms with van der Waals surface area (Å²) >= 11 is 0. The number of nitrogens with one attached hydrogen (secondary N) is 1. The number of carbonyl (C=O) groups excluding carboxylic acids is 1. The smallest absolute Gasteiger partial charge is 0.354 e. The quantitative estimate of drug-likeness (QED) is 0.763. The van der Waals surface area contributed by atoms with Crippen molar-refractivity contribution >= 4 is 11.9 Å². The van der Waals surface area contributed by atoms with Crippen LogP contribution in [-0.4, -0.2) is 53.0 Å². The molecule has 0 radical (unpaired) electrons. The van der Waals surface area contributed by atoms with Gasteiger partial charge in [-0.2, -0.15) is 0 Å². The van der Waals surface area contributed by atoms with E-state index in [4.69, 9.17) is 5.11 Å². The third-order valence-corrected chi connectivity index (χ3v) is 2.85. The van der Waals surface area contributed by atoms with E-state index < -0.39 is 5.97 Å². The standard InChI is InChI=1S/C13H19N3O3/c1-3-16(4-2)8-7-14-12(17)10-5-6-11(13(18)19)15-9-10/h5-6,9H,3-4,7-8H2,1-2H3,(H,14,17)(H,18,19). The molecular weight excluding hydrogens is 246 g/mol. The van der Waals surface area contributed by atoms with E-state index in [-0.39, 0.29) is 11.6 Å². The highest BCUT2D eigenvalue weighted by molar-refractivity contribution is 5.94. The summed E-state index contributed by atoms with van der Waals surface area (Å²) in [5, 5.41) is 11.5. The first-order valence-electron chi connectivity index (χ1n) is 6.28. The first-order valence-corrected chi connectivity index (χ1v) is 6.28. The molecule has 0 aliphatic heterocycles. The van der Waals surface area contributed by atoms with Crippen LogP contribution in [-0.2, 0) is 0 Å². The Bertz CT molecular complexity index is 427. The summed E-state index contributed by atoms with van der Waals surface area (Å²) in [4.78, 5) is 28.3. The van der Waals surface area contributed by atoms with E-state index in [2.05, 4.69) is 29.0 Å². The lowest BCUT2D eigenvalue weighted by atomic mass is 10.2. The molecule has 6 heteroatoms. The van der Waals surface area contributed by atoms with Crippen LogP contribution in [0.1, 0.15) is 34.7 Å². The molecule has 0 fully saturated rings. The highest BCUT2D eigenvalue weighted by Gasteiger charge is 2.09. The molecule has 0 bridgehead atoms. The molecule has 19 heavy (non-hydrogen) atoms. The molecular formula is C13H19N3O3. The monoisotopic (exact) mass is 265 g/mol. The average molecular weight is 265 g/mol. The Kier molecular flexibility index (Phi) is 5.95. The number of aromatic nitrogens is 1. The van der Waals surface area contributed by atoms with E-state index in [0.29, 0.717) is 12.1 Å². The molecule has 0 aliphatic rings. The lowest BCUT2D eigenvalue weighted by Crippen LogP contribution is -2.34. The maximum atomic E-state index is 11.8. The van der Waals surface area contributed by atoms with Crippen LogP contribution < -0.4 is 5.32 Å². The zero-order valence-electron chi connectivity index (χ0n) is 11.2.